The first kappa shape index (κ1) is 10.3. The first-order valence-corrected chi connectivity index (χ1v) is 4.49. The molecule has 0 bridgehead atoms. The Labute approximate surface area is 82.4 Å². The van der Waals surface area contributed by atoms with Gasteiger partial charge in [-0.25, -0.2) is 5.90 Å². The van der Waals surface area contributed by atoms with E-state index >= 15 is 0 Å². The lowest BCUT2D eigenvalue weighted by atomic mass is 10.2. The summed E-state index contributed by atoms with van der Waals surface area (Å²) in [5, 5.41) is 0. The molecular weight excluding hydrogens is 190 g/mol. The highest BCUT2D eigenvalue weighted by molar-refractivity contribution is 6.17. The zero-order valence-electron chi connectivity index (χ0n) is 7.20. The molecule has 0 amide bonds. The quantitative estimate of drug-likeness (QED) is 0.448. The molecule has 1 aromatic rings. The number of rotatable bonds is 5. The molecule has 0 aliphatic carbocycles. The Morgan fingerprint density at radius 3 is 2.38 bits per heavy atom. The summed E-state index contributed by atoms with van der Waals surface area (Å²) in [5.74, 6) is 6.16. The third kappa shape index (κ3) is 3.63. The second-order valence-electron chi connectivity index (χ2n) is 2.50. The minimum Gasteiger partial charge on any atom is -0.491 e. The third-order valence-electron chi connectivity index (χ3n) is 1.55. The fraction of sp³-hybridized carbons (Fsp3) is 0.333. The highest BCUT2D eigenvalue weighted by atomic mass is 35.5. The number of alkyl halides is 1. The van der Waals surface area contributed by atoms with E-state index < -0.39 is 0 Å². The Kier molecular flexibility index (Phi) is 4.60. The van der Waals surface area contributed by atoms with Crippen molar-refractivity contribution in [2.24, 2.45) is 5.90 Å². The van der Waals surface area contributed by atoms with Gasteiger partial charge < -0.3 is 9.57 Å². The lowest BCUT2D eigenvalue weighted by molar-refractivity contribution is 0.102. The lowest BCUT2D eigenvalue weighted by Gasteiger charge is -2.04. The minimum atomic E-state index is 0.386. The standard InChI is InChI=1S/C9H12ClNO2/c10-7-8-1-3-9(4-2-8)12-5-6-13-11/h1-4H,5-7,11H2. The summed E-state index contributed by atoms with van der Waals surface area (Å²) in [5.41, 5.74) is 1.07. The van der Waals surface area contributed by atoms with Gasteiger partial charge >= 0.3 is 0 Å². The van der Waals surface area contributed by atoms with Crippen LogP contribution in [-0.2, 0) is 10.7 Å². The van der Waals surface area contributed by atoms with Crippen LogP contribution < -0.4 is 10.6 Å². The van der Waals surface area contributed by atoms with Crippen molar-refractivity contribution in [3.05, 3.63) is 29.8 Å². The van der Waals surface area contributed by atoms with E-state index in [4.69, 9.17) is 22.2 Å². The summed E-state index contributed by atoms with van der Waals surface area (Å²) < 4.78 is 5.30. The van der Waals surface area contributed by atoms with Crippen molar-refractivity contribution in [3.63, 3.8) is 0 Å². The van der Waals surface area contributed by atoms with Crippen molar-refractivity contribution in [2.45, 2.75) is 5.88 Å². The van der Waals surface area contributed by atoms with Crippen molar-refractivity contribution in [3.8, 4) is 5.75 Å². The third-order valence-corrected chi connectivity index (χ3v) is 1.86. The average molecular weight is 202 g/mol. The van der Waals surface area contributed by atoms with Crippen LogP contribution in [0.15, 0.2) is 24.3 Å². The molecule has 72 valence electrons. The molecule has 0 atom stereocenters. The van der Waals surface area contributed by atoms with Crippen molar-refractivity contribution >= 4 is 11.6 Å². The first-order chi connectivity index (χ1) is 6.36. The van der Waals surface area contributed by atoms with Crippen LogP contribution in [0.1, 0.15) is 5.56 Å². The van der Waals surface area contributed by atoms with Crippen molar-refractivity contribution in [1.29, 1.82) is 0 Å². The zero-order valence-corrected chi connectivity index (χ0v) is 7.96. The maximum atomic E-state index is 5.63. The molecule has 1 rings (SSSR count). The van der Waals surface area contributed by atoms with Crippen LogP contribution in [0.2, 0.25) is 0 Å². The zero-order chi connectivity index (χ0) is 9.52. The number of ether oxygens (including phenoxy) is 1. The number of hydrogen-bond donors (Lipinski definition) is 1. The van der Waals surface area contributed by atoms with Gasteiger partial charge in [0.15, 0.2) is 0 Å². The van der Waals surface area contributed by atoms with Gasteiger partial charge in [-0.2, -0.15) is 0 Å². The summed E-state index contributed by atoms with van der Waals surface area (Å²) in [7, 11) is 0. The van der Waals surface area contributed by atoms with E-state index in [1.807, 2.05) is 24.3 Å². The fourth-order valence-electron chi connectivity index (χ4n) is 0.882. The maximum absolute atomic E-state index is 5.63. The van der Waals surface area contributed by atoms with Gasteiger partial charge in [0.25, 0.3) is 0 Å². The Balaban J connectivity index is 2.40. The SMILES string of the molecule is NOCCOc1ccc(CCl)cc1. The molecule has 0 aliphatic rings. The molecule has 1 aromatic carbocycles. The predicted molar refractivity (Wildman–Crippen MR) is 51.6 cm³/mol. The van der Waals surface area contributed by atoms with Crippen LogP contribution >= 0.6 is 11.6 Å². The monoisotopic (exact) mass is 201 g/mol. The molecule has 0 saturated carbocycles. The Morgan fingerprint density at radius 2 is 1.85 bits per heavy atom. The molecule has 0 spiro atoms. The molecule has 0 unspecified atom stereocenters. The van der Waals surface area contributed by atoms with Gasteiger partial charge in [-0.3, -0.25) is 0 Å². The summed E-state index contributed by atoms with van der Waals surface area (Å²) in [4.78, 5) is 4.36. The molecule has 13 heavy (non-hydrogen) atoms. The largest absolute Gasteiger partial charge is 0.491 e. The Morgan fingerprint density at radius 1 is 1.15 bits per heavy atom. The van der Waals surface area contributed by atoms with E-state index in [1.165, 1.54) is 0 Å². The molecular formula is C9H12ClNO2. The van der Waals surface area contributed by atoms with Crippen LogP contribution in [0.5, 0.6) is 5.75 Å². The van der Waals surface area contributed by atoms with Gasteiger partial charge in [0.1, 0.15) is 19.0 Å². The smallest absolute Gasteiger partial charge is 0.119 e. The van der Waals surface area contributed by atoms with Crippen molar-refractivity contribution < 1.29 is 9.57 Å². The van der Waals surface area contributed by atoms with E-state index in [0.717, 1.165) is 11.3 Å². The highest BCUT2D eigenvalue weighted by Gasteiger charge is 1.93. The topological polar surface area (TPSA) is 44.5 Å². The van der Waals surface area contributed by atoms with Crippen LogP contribution in [0.4, 0.5) is 0 Å². The van der Waals surface area contributed by atoms with Crippen LogP contribution in [0, 0.1) is 0 Å². The molecule has 2 N–H and O–H groups in total. The van der Waals surface area contributed by atoms with E-state index in [0.29, 0.717) is 19.1 Å². The van der Waals surface area contributed by atoms with Gasteiger partial charge in [0.05, 0.1) is 0 Å². The van der Waals surface area contributed by atoms with Gasteiger partial charge in [-0.1, -0.05) is 12.1 Å². The molecule has 0 aromatic heterocycles. The normalized spacial score (nSPS) is 10.0. The molecule has 0 saturated heterocycles. The number of benzene rings is 1. The van der Waals surface area contributed by atoms with E-state index in [9.17, 15) is 0 Å². The summed E-state index contributed by atoms with van der Waals surface area (Å²) in [6, 6.07) is 7.58. The van der Waals surface area contributed by atoms with Gasteiger partial charge in [-0.05, 0) is 17.7 Å². The van der Waals surface area contributed by atoms with Crippen LogP contribution in [0.25, 0.3) is 0 Å². The molecule has 0 aliphatic heterocycles. The summed E-state index contributed by atoms with van der Waals surface area (Å²) in [6.45, 7) is 0.841. The summed E-state index contributed by atoms with van der Waals surface area (Å²) >= 11 is 5.63. The van der Waals surface area contributed by atoms with Gasteiger partial charge in [0.2, 0.25) is 0 Å². The van der Waals surface area contributed by atoms with Crippen LogP contribution in [-0.4, -0.2) is 13.2 Å². The van der Waals surface area contributed by atoms with E-state index in [1.54, 1.807) is 0 Å². The van der Waals surface area contributed by atoms with E-state index in [-0.39, 0.29) is 0 Å². The highest BCUT2D eigenvalue weighted by Crippen LogP contribution is 2.13. The minimum absolute atomic E-state index is 0.386. The molecule has 0 radical (unpaired) electrons. The maximum Gasteiger partial charge on any atom is 0.119 e. The number of nitrogens with two attached hydrogens (primary N) is 1. The number of halogens is 1. The van der Waals surface area contributed by atoms with Crippen molar-refractivity contribution in [1.82, 2.24) is 0 Å². The molecule has 4 heteroatoms. The average Bonchev–Trinajstić information content (AvgIpc) is 2.19. The second-order valence-corrected chi connectivity index (χ2v) is 2.76. The molecule has 3 nitrogen and oxygen atoms in total. The van der Waals surface area contributed by atoms with Gasteiger partial charge in [-0.15, -0.1) is 11.6 Å². The van der Waals surface area contributed by atoms with Gasteiger partial charge in [0, 0.05) is 5.88 Å². The van der Waals surface area contributed by atoms with Crippen molar-refractivity contribution in [2.75, 3.05) is 13.2 Å². The molecule has 0 heterocycles. The second kappa shape index (κ2) is 5.80. The van der Waals surface area contributed by atoms with Crippen LogP contribution in [0.3, 0.4) is 0 Å². The van der Waals surface area contributed by atoms with E-state index in [2.05, 4.69) is 4.84 Å². The Bertz CT molecular complexity index is 238. The fourth-order valence-corrected chi connectivity index (χ4v) is 1.06. The Hall–Kier alpha value is -0.770. The first-order valence-electron chi connectivity index (χ1n) is 3.96. The molecule has 0 fully saturated rings. The summed E-state index contributed by atoms with van der Waals surface area (Å²) in [6.07, 6.45) is 0. The predicted octanol–water partition coefficient (Wildman–Crippen LogP) is 1.69. The number of hydrogen-bond acceptors (Lipinski definition) is 3. The lowest BCUT2D eigenvalue weighted by Crippen LogP contribution is -2.09.